The summed E-state index contributed by atoms with van der Waals surface area (Å²) in [7, 11) is 3.13. The van der Waals surface area contributed by atoms with Crippen molar-refractivity contribution in [3.8, 4) is 11.5 Å². The summed E-state index contributed by atoms with van der Waals surface area (Å²) < 4.78 is 23.6. The lowest BCUT2D eigenvalue weighted by molar-refractivity contribution is -0.116. The lowest BCUT2D eigenvalue weighted by Crippen LogP contribution is -2.23. The van der Waals surface area contributed by atoms with Crippen molar-refractivity contribution in [3.05, 3.63) is 59.7 Å². The van der Waals surface area contributed by atoms with Crippen LogP contribution in [-0.2, 0) is 11.2 Å². The lowest BCUT2D eigenvalue weighted by atomic mass is 10.2. The van der Waals surface area contributed by atoms with Crippen LogP contribution in [0, 0.1) is 5.82 Å². The summed E-state index contributed by atoms with van der Waals surface area (Å²) in [6, 6.07) is 9.79. The number of ether oxygens (including phenoxy) is 2. The van der Waals surface area contributed by atoms with Gasteiger partial charge in [-0.15, -0.1) is 0 Å². The number of carbonyl (C=O) groups is 1. The molecular formula is C20H20FN3O3. The Kier molecular flexibility index (Phi) is 5.71. The first-order valence-electron chi connectivity index (χ1n) is 8.41. The van der Waals surface area contributed by atoms with E-state index in [1.807, 2.05) is 6.07 Å². The van der Waals surface area contributed by atoms with Gasteiger partial charge in [-0.1, -0.05) is 6.07 Å². The number of nitrogens with zero attached hydrogens (tertiary/aromatic N) is 1. The molecule has 0 atom stereocenters. The molecule has 7 heteroatoms. The number of aromatic nitrogens is 2. The molecule has 1 aromatic heterocycles. The van der Waals surface area contributed by atoms with Crippen molar-refractivity contribution in [2.45, 2.75) is 6.42 Å². The number of methoxy groups -OCH3 is 2. The molecule has 3 rings (SSSR count). The summed E-state index contributed by atoms with van der Waals surface area (Å²) in [5.41, 5.74) is 2.16. The summed E-state index contributed by atoms with van der Waals surface area (Å²) in [4.78, 5) is 19.4. The molecule has 3 aromatic rings. The van der Waals surface area contributed by atoms with E-state index in [1.54, 1.807) is 38.5 Å². The second-order valence-corrected chi connectivity index (χ2v) is 5.83. The molecule has 0 fully saturated rings. The quantitative estimate of drug-likeness (QED) is 0.628. The van der Waals surface area contributed by atoms with E-state index in [0.717, 1.165) is 5.56 Å². The third-order valence-electron chi connectivity index (χ3n) is 3.99. The van der Waals surface area contributed by atoms with Crippen LogP contribution in [0.4, 0.5) is 4.39 Å². The van der Waals surface area contributed by atoms with Gasteiger partial charge in [-0.3, -0.25) is 4.79 Å². The Morgan fingerprint density at radius 3 is 2.78 bits per heavy atom. The van der Waals surface area contributed by atoms with Gasteiger partial charge in [0.2, 0.25) is 5.91 Å². The molecule has 0 unspecified atom stereocenters. The van der Waals surface area contributed by atoms with E-state index in [0.29, 0.717) is 41.3 Å². The highest BCUT2D eigenvalue weighted by Crippen LogP contribution is 2.27. The van der Waals surface area contributed by atoms with Gasteiger partial charge in [-0.05, 0) is 42.0 Å². The summed E-state index contributed by atoms with van der Waals surface area (Å²) in [6.07, 6.45) is 3.67. The van der Waals surface area contributed by atoms with Crippen molar-refractivity contribution in [3.63, 3.8) is 0 Å². The average Bonchev–Trinajstić information content (AvgIpc) is 3.07. The van der Waals surface area contributed by atoms with Gasteiger partial charge in [-0.2, -0.15) is 0 Å². The Labute approximate surface area is 156 Å². The highest BCUT2D eigenvalue weighted by atomic mass is 19.1. The number of amides is 1. The molecule has 1 amide bonds. The molecule has 0 aliphatic rings. The zero-order valence-corrected chi connectivity index (χ0v) is 15.1. The van der Waals surface area contributed by atoms with E-state index in [1.165, 1.54) is 18.2 Å². The number of benzene rings is 2. The molecule has 0 aliphatic heterocycles. The molecule has 27 heavy (non-hydrogen) atoms. The van der Waals surface area contributed by atoms with E-state index in [2.05, 4.69) is 15.3 Å². The first kappa shape index (κ1) is 18.4. The maximum Gasteiger partial charge on any atom is 0.244 e. The fourth-order valence-corrected chi connectivity index (χ4v) is 2.64. The number of halogens is 1. The first-order valence-corrected chi connectivity index (χ1v) is 8.41. The molecule has 2 aromatic carbocycles. The predicted octanol–water partition coefficient (Wildman–Crippen LogP) is 3.09. The number of H-pyrrole nitrogens is 1. The standard InChI is InChI=1S/C20H20FN3O3/c1-26-17-7-3-13(11-18(17)27-2)4-8-20(25)22-10-9-19-23-15-6-5-14(21)12-16(15)24-19/h3-8,11-12H,9-10H2,1-2H3,(H,22,25)(H,23,24)/b8-4+. The minimum Gasteiger partial charge on any atom is -0.493 e. The number of hydrogen-bond donors (Lipinski definition) is 2. The summed E-state index contributed by atoms with van der Waals surface area (Å²) in [5, 5.41) is 2.79. The Bertz CT molecular complexity index is 982. The Morgan fingerprint density at radius 1 is 1.19 bits per heavy atom. The van der Waals surface area contributed by atoms with Gasteiger partial charge >= 0.3 is 0 Å². The minimum absolute atomic E-state index is 0.216. The topological polar surface area (TPSA) is 76.2 Å². The van der Waals surface area contributed by atoms with E-state index >= 15 is 0 Å². The molecule has 0 radical (unpaired) electrons. The maximum absolute atomic E-state index is 13.2. The normalized spacial score (nSPS) is 11.1. The smallest absolute Gasteiger partial charge is 0.244 e. The second kappa shape index (κ2) is 8.35. The number of rotatable bonds is 7. The molecule has 0 aliphatic carbocycles. The molecule has 6 nitrogen and oxygen atoms in total. The molecule has 140 valence electrons. The number of fused-ring (bicyclic) bond motifs is 1. The van der Waals surface area contributed by atoms with Crippen LogP contribution in [0.1, 0.15) is 11.4 Å². The van der Waals surface area contributed by atoms with Crippen LogP contribution in [0.15, 0.2) is 42.5 Å². The first-order chi connectivity index (χ1) is 13.1. The van der Waals surface area contributed by atoms with E-state index in [9.17, 15) is 9.18 Å². The van der Waals surface area contributed by atoms with Crippen LogP contribution in [-0.4, -0.2) is 36.6 Å². The van der Waals surface area contributed by atoms with Crippen molar-refractivity contribution >= 4 is 23.0 Å². The molecular weight excluding hydrogens is 349 g/mol. The van der Waals surface area contributed by atoms with Gasteiger partial charge in [0.05, 0.1) is 25.3 Å². The van der Waals surface area contributed by atoms with Gasteiger partial charge in [0, 0.05) is 19.0 Å². The van der Waals surface area contributed by atoms with Crippen molar-refractivity contribution in [2.24, 2.45) is 0 Å². The molecule has 0 bridgehead atoms. The number of nitrogens with one attached hydrogen (secondary N) is 2. The Balaban J connectivity index is 1.53. The fraction of sp³-hybridized carbons (Fsp3) is 0.200. The number of hydrogen-bond acceptors (Lipinski definition) is 4. The maximum atomic E-state index is 13.2. The number of aromatic amines is 1. The van der Waals surface area contributed by atoms with Crippen LogP contribution in [0.2, 0.25) is 0 Å². The molecule has 0 saturated heterocycles. The molecule has 0 saturated carbocycles. The van der Waals surface area contributed by atoms with Gasteiger partial charge < -0.3 is 19.8 Å². The van der Waals surface area contributed by atoms with Gasteiger partial charge in [0.1, 0.15) is 11.6 Å². The van der Waals surface area contributed by atoms with Crippen molar-refractivity contribution in [1.82, 2.24) is 15.3 Å². The van der Waals surface area contributed by atoms with E-state index in [4.69, 9.17) is 9.47 Å². The SMILES string of the molecule is COc1ccc(/C=C/C(=O)NCCc2nc3ccc(F)cc3[nH]2)cc1OC. The third-order valence-corrected chi connectivity index (χ3v) is 3.99. The summed E-state index contributed by atoms with van der Waals surface area (Å²) in [6.45, 7) is 0.414. The Hall–Kier alpha value is -3.35. The van der Waals surface area contributed by atoms with Crippen LogP contribution in [0.3, 0.4) is 0 Å². The van der Waals surface area contributed by atoms with Crippen molar-refractivity contribution < 1.29 is 18.7 Å². The molecule has 0 spiro atoms. The van der Waals surface area contributed by atoms with E-state index in [-0.39, 0.29) is 11.7 Å². The zero-order chi connectivity index (χ0) is 19.2. The third kappa shape index (κ3) is 4.63. The van der Waals surface area contributed by atoms with Gasteiger partial charge in [-0.25, -0.2) is 9.37 Å². The number of imidazole rings is 1. The highest BCUT2D eigenvalue weighted by Gasteiger charge is 2.05. The van der Waals surface area contributed by atoms with Crippen LogP contribution in [0.25, 0.3) is 17.1 Å². The fourth-order valence-electron chi connectivity index (χ4n) is 2.64. The highest BCUT2D eigenvalue weighted by molar-refractivity contribution is 5.91. The largest absolute Gasteiger partial charge is 0.493 e. The summed E-state index contributed by atoms with van der Waals surface area (Å²) in [5.74, 6) is 1.39. The summed E-state index contributed by atoms with van der Waals surface area (Å²) >= 11 is 0. The lowest BCUT2D eigenvalue weighted by Gasteiger charge is -2.07. The monoisotopic (exact) mass is 369 g/mol. The van der Waals surface area contributed by atoms with Crippen LogP contribution in [0.5, 0.6) is 11.5 Å². The zero-order valence-electron chi connectivity index (χ0n) is 15.1. The molecule has 2 N–H and O–H groups in total. The molecule has 1 heterocycles. The van der Waals surface area contributed by atoms with Crippen LogP contribution >= 0.6 is 0 Å². The minimum atomic E-state index is -0.314. The van der Waals surface area contributed by atoms with Crippen molar-refractivity contribution in [2.75, 3.05) is 20.8 Å². The van der Waals surface area contributed by atoms with Crippen molar-refractivity contribution in [1.29, 1.82) is 0 Å². The number of carbonyl (C=O) groups excluding carboxylic acids is 1. The average molecular weight is 369 g/mol. The van der Waals surface area contributed by atoms with Gasteiger partial charge in [0.15, 0.2) is 11.5 Å². The second-order valence-electron chi connectivity index (χ2n) is 5.83. The van der Waals surface area contributed by atoms with E-state index < -0.39 is 0 Å². The van der Waals surface area contributed by atoms with Gasteiger partial charge in [0.25, 0.3) is 0 Å². The Morgan fingerprint density at radius 2 is 2.00 bits per heavy atom. The van der Waals surface area contributed by atoms with Crippen LogP contribution < -0.4 is 14.8 Å². The predicted molar refractivity (Wildman–Crippen MR) is 101 cm³/mol.